The van der Waals surface area contributed by atoms with Crippen LogP contribution in [0.25, 0.3) is 0 Å². The number of nitrogens with one attached hydrogen (secondary N) is 3. The Morgan fingerprint density at radius 3 is 2.62 bits per heavy atom. The van der Waals surface area contributed by atoms with Crippen molar-refractivity contribution in [2.24, 2.45) is 0 Å². The maximum absolute atomic E-state index is 13.7. The minimum atomic E-state index is -4.63. The fourth-order valence-electron chi connectivity index (χ4n) is 4.05. The summed E-state index contributed by atoms with van der Waals surface area (Å²) in [5, 5.41) is 15.9. The van der Waals surface area contributed by atoms with Gasteiger partial charge in [-0.25, -0.2) is 4.79 Å². The summed E-state index contributed by atoms with van der Waals surface area (Å²) in [4.78, 5) is 28.9. The quantitative estimate of drug-likeness (QED) is 0.322. The molecule has 0 unspecified atom stereocenters. The first-order valence-electron chi connectivity index (χ1n) is 11.5. The molecule has 4 rings (SSSR count). The predicted octanol–water partition coefficient (Wildman–Crippen LogP) is 5.40. The van der Waals surface area contributed by atoms with Crippen LogP contribution in [0.3, 0.4) is 0 Å². The highest BCUT2D eigenvalue weighted by Crippen LogP contribution is 2.39. The summed E-state index contributed by atoms with van der Waals surface area (Å²) in [6.45, 7) is 1.00. The molecule has 1 aliphatic heterocycles. The Hall–Kier alpha value is -3.70. The van der Waals surface area contributed by atoms with Crippen LogP contribution < -0.4 is 25.8 Å². The fraction of sp³-hybridized carbons (Fsp3) is 0.280. The van der Waals surface area contributed by atoms with Gasteiger partial charge in [-0.3, -0.25) is 10.1 Å². The molecule has 0 bridgehead atoms. The van der Waals surface area contributed by atoms with Gasteiger partial charge in [-0.05, 0) is 54.8 Å². The summed E-state index contributed by atoms with van der Waals surface area (Å²) in [6.07, 6.45) is -3.85. The number of carbonyl (C=O) groups is 1. The van der Waals surface area contributed by atoms with E-state index >= 15 is 0 Å². The maximum Gasteiger partial charge on any atom is 0.418 e. The summed E-state index contributed by atoms with van der Waals surface area (Å²) in [6, 6.07) is 11.5. The molecule has 3 aromatic rings. The van der Waals surface area contributed by atoms with E-state index < -0.39 is 35.2 Å². The van der Waals surface area contributed by atoms with E-state index in [1.807, 2.05) is 0 Å². The molecule has 4 N–H and O–H groups in total. The second kappa shape index (κ2) is 11.1. The number of carbonyl (C=O) groups excluding carboxylic acids is 1. The van der Waals surface area contributed by atoms with E-state index in [9.17, 15) is 27.9 Å². The summed E-state index contributed by atoms with van der Waals surface area (Å²) in [7, 11) is 0. The Morgan fingerprint density at radius 1 is 1.16 bits per heavy atom. The molecule has 2 heterocycles. The van der Waals surface area contributed by atoms with Gasteiger partial charge < -0.3 is 25.0 Å². The number of amides is 1. The average molecular weight is 537 g/mol. The molecule has 0 spiro atoms. The fourth-order valence-corrected chi connectivity index (χ4v) is 4.25. The molecule has 0 saturated carbocycles. The van der Waals surface area contributed by atoms with Gasteiger partial charge in [0.25, 0.3) is 5.56 Å². The zero-order valence-electron chi connectivity index (χ0n) is 19.4. The third kappa shape index (κ3) is 6.55. The number of hydrogen-bond donors (Lipinski definition) is 4. The van der Waals surface area contributed by atoms with Crippen molar-refractivity contribution in [2.45, 2.75) is 25.1 Å². The number of rotatable bonds is 7. The van der Waals surface area contributed by atoms with Crippen molar-refractivity contribution in [3.05, 3.63) is 81.2 Å². The molecule has 1 atom stereocenters. The lowest BCUT2D eigenvalue weighted by Crippen LogP contribution is -2.24. The van der Waals surface area contributed by atoms with Crippen LogP contribution in [-0.4, -0.2) is 35.8 Å². The van der Waals surface area contributed by atoms with Crippen molar-refractivity contribution in [2.75, 3.05) is 35.2 Å². The van der Waals surface area contributed by atoms with E-state index in [1.54, 1.807) is 29.2 Å². The second-order valence-corrected chi connectivity index (χ2v) is 8.88. The normalized spacial score (nSPS) is 14.4. The molecule has 8 nitrogen and oxygen atoms in total. The minimum absolute atomic E-state index is 0.0469. The number of benzene rings is 2. The lowest BCUT2D eigenvalue weighted by molar-refractivity contribution is -0.137. The van der Waals surface area contributed by atoms with E-state index in [0.717, 1.165) is 18.9 Å². The number of aromatic nitrogens is 1. The third-order valence-electron chi connectivity index (χ3n) is 5.82. The van der Waals surface area contributed by atoms with Crippen LogP contribution in [0.2, 0.25) is 5.02 Å². The monoisotopic (exact) mass is 536 g/mol. The summed E-state index contributed by atoms with van der Waals surface area (Å²) in [5.74, 6) is -0.414. The summed E-state index contributed by atoms with van der Waals surface area (Å²) < 4.78 is 46.3. The van der Waals surface area contributed by atoms with Gasteiger partial charge in [-0.1, -0.05) is 23.7 Å². The number of aliphatic hydroxyl groups excluding tert-OH is 1. The van der Waals surface area contributed by atoms with Crippen molar-refractivity contribution >= 4 is 34.8 Å². The number of pyridine rings is 1. The number of nitrogens with zero attached hydrogens (tertiary/aromatic N) is 1. The highest BCUT2D eigenvalue weighted by molar-refractivity contribution is 6.30. The van der Waals surface area contributed by atoms with Crippen molar-refractivity contribution in [1.29, 1.82) is 0 Å². The summed E-state index contributed by atoms with van der Waals surface area (Å²) in [5.41, 5.74) is -1.09. The number of aliphatic hydroxyl groups is 1. The molecule has 1 fully saturated rings. The van der Waals surface area contributed by atoms with Crippen LogP contribution in [0.15, 0.2) is 59.5 Å². The molecule has 1 amide bonds. The zero-order valence-corrected chi connectivity index (χ0v) is 20.2. The highest BCUT2D eigenvalue weighted by Gasteiger charge is 2.36. The van der Waals surface area contributed by atoms with Crippen LogP contribution in [0.5, 0.6) is 5.75 Å². The largest absolute Gasteiger partial charge is 0.418 e. The Morgan fingerprint density at radius 2 is 1.92 bits per heavy atom. The number of ether oxygens (including phenoxy) is 1. The first-order valence-corrected chi connectivity index (χ1v) is 11.8. The SMILES string of the molecule is O=C(Nc1ccc(N2CCCC2)c(C(F)(F)F)c1)Oc1c(NC[C@@H](O)c2cccc(Cl)c2)cc[nH]c1=O. The van der Waals surface area contributed by atoms with E-state index in [2.05, 4.69) is 15.6 Å². The lowest BCUT2D eigenvalue weighted by atomic mass is 10.1. The van der Waals surface area contributed by atoms with Crippen LogP contribution >= 0.6 is 11.6 Å². The van der Waals surface area contributed by atoms with Crippen LogP contribution in [-0.2, 0) is 6.18 Å². The summed E-state index contributed by atoms with van der Waals surface area (Å²) >= 11 is 5.95. The van der Waals surface area contributed by atoms with Crippen molar-refractivity contribution in [3.63, 3.8) is 0 Å². The minimum Gasteiger partial charge on any atom is -0.402 e. The van der Waals surface area contributed by atoms with Gasteiger partial charge in [0.05, 0.1) is 17.4 Å². The number of aromatic amines is 1. The third-order valence-corrected chi connectivity index (χ3v) is 6.06. The van der Waals surface area contributed by atoms with Gasteiger partial charge >= 0.3 is 12.3 Å². The molecule has 0 aliphatic carbocycles. The van der Waals surface area contributed by atoms with E-state index in [-0.39, 0.29) is 23.6 Å². The number of alkyl halides is 3. The smallest absolute Gasteiger partial charge is 0.402 e. The van der Waals surface area contributed by atoms with Crippen LogP contribution in [0.1, 0.15) is 30.1 Å². The Balaban J connectivity index is 1.47. The van der Waals surface area contributed by atoms with E-state index in [1.165, 1.54) is 24.4 Å². The second-order valence-electron chi connectivity index (χ2n) is 8.44. The van der Waals surface area contributed by atoms with Crippen molar-refractivity contribution in [1.82, 2.24) is 4.98 Å². The van der Waals surface area contributed by atoms with Gasteiger partial charge in [-0.15, -0.1) is 0 Å². The van der Waals surface area contributed by atoms with Gasteiger partial charge in [0.1, 0.15) is 0 Å². The molecule has 1 aliphatic rings. The first kappa shape index (κ1) is 26.4. The number of hydrogen-bond acceptors (Lipinski definition) is 6. The molecule has 1 aromatic heterocycles. The first-order chi connectivity index (χ1) is 17.6. The van der Waals surface area contributed by atoms with Crippen molar-refractivity contribution in [3.8, 4) is 5.75 Å². The Labute approximate surface area is 215 Å². The van der Waals surface area contributed by atoms with Crippen LogP contribution in [0, 0.1) is 0 Å². The Kier molecular flexibility index (Phi) is 7.94. The van der Waals surface area contributed by atoms with Crippen molar-refractivity contribution < 1.29 is 27.8 Å². The topological polar surface area (TPSA) is 107 Å². The van der Waals surface area contributed by atoms with Gasteiger partial charge in [0.2, 0.25) is 5.75 Å². The molecule has 0 radical (unpaired) electrons. The highest BCUT2D eigenvalue weighted by atomic mass is 35.5. The molecule has 2 aromatic carbocycles. The Bertz CT molecular complexity index is 1330. The molecule has 196 valence electrons. The molecule has 37 heavy (non-hydrogen) atoms. The standard InChI is InChI=1S/C25H24ClF3N4O4/c26-16-5-3-4-15(12-16)21(34)14-31-19-8-9-30-23(35)22(19)37-24(36)32-17-6-7-20(33-10-1-2-11-33)18(13-17)25(27,28)29/h3-9,12-13,21,34H,1-2,10-11,14H2,(H,32,36)(H2,30,31,35)/t21-/m1/s1. The number of H-pyrrole nitrogens is 1. The molecular weight excluding hydrogens is 513 g/mol. The molecular formula is C25H24ClF3N4O4. The number of halogens is 4. The molecule has 1 saturated heterocycles. The molecule has 12 heteroatoms. The van der Waals surface area contributed by atoms with Gasteiger partial charge in [0, 0.05) is 42.2 Å². The maximum atomic E-state index is 13.7. The van der Waals surface area contributed by atoms with E-state index in [4.69, 9.17) is 16.3 Å². The van der Waals surface area contributed by atoms with Gasteiger partial charge in [-0.2, -0.15) is 13.2 Å². The van der Waals surface area contributed by atoms with Crippen LogP contribution in [0.4, 0.5) is 35.0 Å². The average Bonchev–Trinajstić information content (AvgIpc) is 3.38. The number of anilines is 3. The zero-order chi connectivity index (χ0) is 26.6. The van der Waals surface area contributed by atoms with E-state index in [0.29, 0.717) is 23.7 Å². The lowest BCUT2D eigenvalue weighted by Gasteiger charge is -2.23. The predicted molar refractivity (Wildman–Crippen MR) is 135 cm³/mol. The van der Waals surface area contributed by atoms with Gasteiger partial charge in [0.15, 0.2) is 0 Å².